The Hall–Kier alpha value is -2.85. The van der Waals surface area contributed by atoms with E-state index in [0.717, 1.165) is 0 Å². The number of ether oxygens (including phenoxy) is 1. The Bertz CT molecular complexity index is 859. The second-order valence-corrected chi connectivity index (χ2v) is 6.81. The average molecular weight is 377 g/mol. The number of carbonyl (C=O) groups excluding carboxylic acids is 1. The summed E-state index contributed by atoms with van der Waals surface area (Å²) in [5, 5.41) is 24.7. The molecule has 2 aromatic rings. The van der Waals surface area contributed by atoms with Crippen LogP contribution in [0.2, 0.25) is 0 Å². The van der Waals surface area contributed by atoms with Crippen LogP contribution in [0.5, 0.6) is 0 Å². The number of amides is 1. The standard InChI is InChI=1S/C16H15N3O6S/c20-13(21)7-16(4-5-25-9-16)18-14(22)12-8-26-15(17-12)10-2-1-3-11(6-10)19(23)24/h1-3,6,8H,4-5,7,9H2,(H,18,22)(H,20,21). The van der Waals surface area contributed by atoms with Crippen molar-refractivity contribution >= 4 is 28.9 Å². The van der Waals surface area contributed by atoms with Crippen molar-refractivity contribution in [1.29, 1.82) is 0 Å². The number of nitro groups is 1. The zero-order valence-corrected chi connectivity index (χ0v) is 14.3. The van der Waals surface area contributed by atoms with Crippen LogP contribution in [0.3, 0.4) is 0 Å². The maximum atomic E-state index is 12.5. The molecule has 2 heterocycles. The molecule has 3 rings (SSSR count). The third kappa shape index (κ3) is 3.86. The first-order chi connectivity index (χ1) is 12.4. The summed E-state index contributed by atoms with van der Waals surface area (Å²) >= 11 is 1.18. The molecule has 2 N–H and O–H groups in total. The number of aromatic nitrogens is 1. The van der Waals surface area contributed by atoms with Crippen molar-refractivity contribution < 1.29 is 24.4 Å². The molecule has 1 aliphatic rings. The second kappa shape index (κ2) is 7.18. The number of thiazole rings is 1. The lowest BCUT2D eigenvalue weighted by Gasteiger charge is -2.26. The first-order valence-corrected chi connectivity index (χ1v) is 8.59. The van der Waals surface area contributed by atoms with Crippen molar-refractivity contribution in [2.75, 3.05) is 13.2 Å². The van der Waals surface area contributed by atoms with Crippen LogP contribution >= 0.6 is 11.3 Å². The highest BCUT2D eigenvalue weighted by Gasteiger charge is 2.39. The topological polar surface area (TPSA) is 132 Å². The van der Waals surface area contributed by atoms with Crippen molar-refractivity contribution in [1.82, 2.24) is 10.3 Å². The number of non-ortho nitro benzene ring substituents is 1. The largest absolute Gasteiger partial charge is 0.481 e. The second-order valence-electron chi connectivity index (χ2n) is 5.95. The van der Waals surface area contributed by atoms with Gasteiger partial charge in [-0.2, -0.15) is 0 Å². The van der Waals surface area contributed by atoms with Crippen LogP contribution in [0.25, 0.3) is 10.6 Å². The lowest BCUT2D eigenvalue weighted by Crippen LogP contribution is -2.50. The van der Waals surface area contributed by atoms with E-state index in [9.17, 15) is 19.7 Å². The number of nitro benzene ring substituents is 1. The third-order valence-electron chi connectivity index (χ3n) is 4.01. The molecular formula is C16H15N3O6S. The minimum atomic E-state index is -1.02. The van der Waals surface area contributed by atoms with Crippen LogP contribution in [0, 0.1) is 10.1 Å². The first kappa shape index (κ1) is 18.0. The van der Waals surface area contributed by atoms with Crippen molar-refractivity contribution in [3.8, 4) is 10.6 Å². The normalized spacial score (nSPS) is 19.2. The Morgan fingerprint density at radius 1 is 1.46 bits per heavy atom. The Labute approximate surface area is 151 Å². The van der Waals surface area contributed by atoms with Gasteiger partial charge in [0.15, 0.2) is 0 Å². The van der Waals surface area contributed by atoms with E-state index < -0.39 is 22.3 Å². The molecule has 0 radical (unpaired) electrons. The lowest BCUT2D eigenvalue weighted by molar-refractivity contribution is -0.384. The molecule has 0 bridgehead atoms. The van der Waals surface area contributed by atoms with Gasteiger partial charge in [-0.1, -0.05) is 12.1 Å². The molecule has 0 saturated carbocycles. The highest BCUT2D eigenvalue weighted by Crippen LogP contribution is 2.28. The summed E-state index contributed by atoms with van der Waals surface area (Å²) in [6.07, 6.45) is 0.174. The molecule has 136 valence electrons. The lowest BCUT2D eigenvalue weighted by atomic mass is 9.94. The number of aliphatic carboxylic acids is 1. The summed E-state index contributed by atoms with van der Waals surface area (Å²) in [5.74, 6) is -1.52. The van der Waals surface area contributed by atoms with Crippen molar-refractivity contribution in [2.24, 2.45) is 0 Å². The van der Waals surface area contributed by atoms with Gasteiger partial charge in [0.1, 0.15) is 10.7 Å². The van der Waals surface area contributed by atoms with Gasteiger partial charge in [0, 0.05) is 29.7 Å². The molecule has 0 aliphatic carbocycles. The number of carboxylic acids is 1. The molecule has 1 aromatic heterocycles. The van der Waals surface area contributed by atoms with Crippen molar-refractivity contribution in [3.63, 3.8) is 0 Å². The van der Waals surface area contributed by atoms with Crippen molar-refractivity contribution in [2.45, 2.75) is 18.4 Å². The molecule has 0 spiro atoms. The summed E-state index contributed by atoms with van der Waals surface area (Å²) in [5.41, 5.74) is -0.341. The quantitative estimate of drug-likeness (QED) is 0.582. The van der Waals surface area contributed by atoms with E-state index in [1.165, 1.54) is 28.8 Å². The van der Waals surface area contributed by atoms with Crippen LogP contribution in [0.1, 0.15) is 23.3 Å². The van der Waals surface area contributed by atoms with Gasteiger partial charge in [0.25, 0.3) is 11.6 Å². The molecule has 1 amide bonds. The third-order valence-corrected chi connectivity index (χ3v) is 4.90. The molecule has 1 aromatic carbocycles. The van der Waals surface area contributed by atoms with E-state index in [0.29, 0.717) is 23.6 Å². The number of nitrogens with one attached hydrogen (secondary N) is 1. The number of carboxylic acid groups (broad SMARTS) is 1. The highest BCUT2D eigenvalue weighted by molar-refractivity contribution is 7.13. The van der Waals surface area contributed by atoms with Crippen LogP contribution in [0.15, 0.2) is 29.6 Å². The van der Waals surface area contributed by atoms with Crippen LogP contribution in [-0.4, -0.2) is 45.6 Å². The van der Waals surface area contributed by atoms with E-state index in [1.807, 2.05) is 0 Å². The Kier molecular flexibility index (Phi) is 4.96. The van der Waals surface area contributed by atoms with Gasteiger partial charge in [-0.05, 0) is 6.42 Å². The fourth-order valence-electron chi connectivity index (χ4n) is 2.75. The van der Waals surface area contributed by atoms with Crippen molar-refractivity contribution in [3.05, 3.63) is 45.5 Å². The van der Waals surface area contributed by atoms with Gasteiger partial charge in [-0.15, -0.1) is 11.3 Å². The number of carbonyl (C=O) groups is 2. The average Bonchev–Trinajstić information content (AvgIpc) is 3.24. The van der Waals surface area contributed by atoms with E-state index in [2.05, 4.69) is 10.3 Å². The fourth-order valence-corrected chi connectivity index (χ4v) is 3.54. The van der Waals surface area contributed by atoms with E-state index in [-0.39, 0.29) is 24.4 Å². The van der Waals surface area contributed by atoms with Gasteiger partial charge in [-0.25, -0.2) is 4.98 Å². The molecule has 1 fully saturated rings. The van der Waals surface area contributed by atoms with Crippen LogP contribution in [-0.2, 0) is 9.53 Å². The Morgan fingerprint density at radius 3 is 2.92 bits per heavy atom. The van der Waals surface area contributed by atoms with Gasteiger partial charge < -0.3 is 15.2 Å². The summed E-state index contributed by atoms with van der Waals surface area (Å²) in [4.78, 5) is 38.2. The zero-order valence-electron chi connectivity index (χ0n) is 13.5. The first-order valence-electron chi connectivity index (χ1n) is 7.71. The predicted molar refractivity (Wildman–Crippen MR) is 92.1 cm³/mol. The number of nitrogens with zero attached hydrogens (tertiary/aromatic N) is 2. The summed E-state index contributed by atoms with van der Waals surface area (Å²) in [6, 6.07) is 5.98. The summed E-state index contributed by atoms with van der Waals surface area (Å²) in [7, 11) is 0. The highest BCUT2D eigenvalue weighted by atomic mass is 32.1. The van der Waals surface area contributed by atoms with E-state index in [4.69, 9.17) is 9.84 Å². The van der Waals surface area contributed by atoms with Crippen LogP contribution in [0.4, 0.5) is 5.69 Å². The molecular weight excluding hydrogens is 362 g/mol. The Balaban J connectivity index is 1.79. The number of rotatable bonds is 6. The maximum Gasteiger partial charge on any atom is 0.305 e. The Morgan fingerprint density at radius 2 is 2.27 bits per heavy atom. The molecule has 9 nitrogen and oxygen atoms in total. The molecule has 1 unspecified atom stereocenters. The molecule has 26 heavy (non-hydrogen) atoms. The summed E-state index contributed by atoms with van der Waals surface area (Å²) < 4.78 is 5.25. The molecule has 1 atom stereocenters. The minimum absolute atomic E-state index is 0.0628. The number of hydrogen-bond donors (Lipinski definition) is 2. The molecule has 1 aliphatic heterocycles. The minimum Gasteiger partial charge on any atom is -0.481 e. The fraction of sp³-hybridized carbons (Fsp3) is 0.312. The van der Waals surface area contributed by atoms with Gasteiger partial charge in [0.05, 0.1) is 23.5 Å². The number of benzene rings is 1. The SMILES string of the molecule is O=C(O)CC1(NC(=O)c2csc(-c3cccc([N+](=O)[O-])c3)n2)CCOC1. The number of hydrogen-bond acceptors (Lipinski definition) is 7. The van der Waals surface area contributed by atoms with Crippen LogP contribution < -0.4 is 5.32 Å². The van der Waals surface area contributed by atoms with E-state index in [1.54, 1.807) is 12.1 Å². The monoisotopic (exact) mass is 377 g/mol. The van der Waals surface area contributed by atoms with Gasteiger partial charge >= 0.3 is 5.97 Å². The zero-order chi connectivity index (χ0) is 18.7. The van der Waals surface area contributed by atoms with Gasteiger partial charge in [-0.3, -0.25) is 19.7 Å². The maximum absolute atomic E-state index is 12.5. The molecule has 10 heteroatoms. The molecule has 1 saturated heterocycles. The summed E-state index contributed by atoms with van der Waals surface area (Å²) in [6.45, 7) is 0.510. The smallest absolute Gasteiger partial charge is 0.305 e. The van der Waals surface area contributed by atoms with Gasteiger partial charge in [0.2, 0.25) is 0 Å². The predicted octanol–water partition coefficient (Wildman–Crippen LogP) is 2.08. The van der Waals surface area contributed by atoms with E-state index >= 15 is 0 Å².